The van der Waals surface area contributed by atoms with Gasteiger partial charge in [-0.05, 0) is 12.2 Å². The van der Waals surface area contributed by atoms with Gasteiger partial charge in [-0.2, -0.15) is 0 Å². The van der Waals surface area contributed by atoms with Crippen molar-refractivity contribution in [2.24, 2.45) is 0 Å². The summed E-state index contributed by atoms with van der Waals surface area (Å²) in [6, 6.07) is 0. The van der Waals surface area contributed by atoms with Gasteiger partial charge in [0.25, 0.3) is 0 Å². The zero-order valence-electron chi connectivity index (χ0n) is 7.23. The Hall–Kier alpha value is -1.01. The summed E-state index contributed by atoms with van der Waals surface area (Å²) < 4.78 is 20.9. The Morgan fingerprint density at radius 2 is 2.00 bits per heavy atom. The van der Waals surface area contributed by atoms with Gasteiger partial charge in [-0.25, -0.2) is 8.42 Å². The molecule has 0 saturated carbocycles. The zero-order valence-corrected chi connectivity index (χ0v) is 8.81. The summed E-state index contributed by atoms with van der Waals surface area (Å²) in [4.78, 5) is 10.9. The highest BCUT2D eigenvalue weighted by molar-refractivity contribution is 8.34. The van der Waals surface area contributed by atoms with Crippen molar-refractivity contribution in [2.45, 2.75) is 0 Å². The highest BCUT2D eigenvalue weighted by atomic mass is 35.7. The first kappa shape index (κ1) is 13.0. The molecular formula is C7H8BClNO3S. The number of allylic oxidation sites excluding steroid dienone is 3. The summed E-state index contributed by atoms with van der Waals surface area (Å²) in [6.07, 6.45) is 4.22. The molecule has 0 aromatic carbocycles. The minimum atomic E-state index is -3.94. The smallest absolute Gasteiger partial charge is 0.334 e. The SMILES string of the molecule is C=C/C=C(\C=C)NC(=O)[B]S(=O)(=O)Cl. The van der Waals surface area contributed by atoms with Crippen LogP contribution in [0.3, 0.4) is 0 Å². The predicted molar refractivity (Wildman–Crippen MR) is 57.5 cm³/mol. The first-order valence-corrected chi connectivity index (χ1v) is 5.82. The highest BCUT2D eigenvalue weighted by Gasteiger charge is 2.17. The van der Waals surface area contributed by atoms with Crippen LogP contribution in [-0.2, 0) is 8.90 Å². The van der Waals surface area contributed by atoms with E-state index in [1.165, 1.54) is 18.2 Å². The molecule has 0 aromatic heterocycles. The van der Waals surface area contributed by atoms with Crippen LogP contribution in [-0.4, -0.2) is 20.8 Å². The highest BCUT2D eigenvalue weighted by Crippen LogP contribution is 1.96. The molecule has 0 aliphatic heterocycles. The molecule has 0 atom stereocenters. The molecule has 0 aliphatic rings. The molecule has 1 N–H and O–H groups in total. The monoisotopic (exact) mass is 232 g/mol. The van der Waals surface area contributed by atoms with Gasteiger partial charge in [-0.1, -0.05) is 19.2 Å². The summed E-state index contributed by atoms with van der Waals surface area (Å²) in [6.45, 7) is 7.17. The van der Waals surface area contributed by atoms with Gasteiger partial charge in [0, 0.05) is 16.4 Å². The topological polar surface area (TPSA) is 63.2 Å². The van der Waals surface area contributed by atoms with Crippen LogP contribution < -0.4 is 5.32 Å². The summed E-state index contributed by atoms with van der Waals surface area (Å²) in [5.74, 6) is -0.840. The molecule has 0 aliphatic carbocycles. The molecule has 7 heteroatoms. The fourth-order valence-electron chi connectivity index (χ4n) is 0.587. The number of nitrogens with one attached hydrogen (secondary N) is 1. The van der Waals surface area contributed by atoms with Gasteiger partial charge in [0.15, 0.2) is 14.7 Å². The van der Waals surface area contributed by atoms with Crippen LogP contribution in [0.1, 0.15) is 0 Å². The molecule has 0 saturated heterocycles. The van der Waals surface area contributed by atoms with Gasteiger partial charge in [0.2, 0.25) is 0 Å². The van der Waals surface area contributed by atoms with Gasteiger partial charge < -0.3 is 5.32 Å². The number of halogens is 1. The van der Waals surface area contributed by atoms with Crippen LogP contribution in [0.5, 0.6) is 0 Å². The van der Waals surface area contributed by atoms with E-state index in [4.69, 9.17) is 10.7 Å². The molecule has 0 bridgehead atoms. The lowest BCUT2D eigenvalue weighted by Crippen LogP contribution is -2.28. The molecule has 0 spiro atoms. The van der Waals surface area contributed by atoms with Crippen molar-refractivity contribution < 1.29 is 13.2 Å². The molecule has 14 heavy (non-hydrogen) atoms. The Morgan fingerprint density at radius 1 is 1.43 bits per heavy atom. The quantitative estimate of drug-likeness (QED) is 0.439. The van der Waals surface area contributed by atoms with E-state index in [0.717, 1.165) is 0 Å². The summed E-state index contributed by atoms with van der Waals surface area (Å²) in [5.41, 5.74) is 0.335. The normalized spacial score (nSPS) is 11.6. The Labute approximate surface area is 87.9 Å². The lowest BCUT2D eigenvalue weighted by Gasteiger charge is -2.01. The molecule has 0 unspecified atom stereocenters. The van der Waals surface area contributed by atoms with Crippen molar-refractivity contribution in [1.29, 1.82) is 0 Å². The Morgan fingerprint density at radius 3 is 2.36 bits per heavy atom. The minimum Gasteiger partial charge on any atom is -0.334 e. The lowest BCUT2D eigenvalue weighted by atomic mass is 10.1. The standard InChI is InChI=1S/C7H8BClNO3S/c1-3-5-6(4-2)10-7(11)8-14(9,12)13/h3-5H,1-2H2,(H,10,11)/b6-5+. The maximum absolute atomic E-state index is 10.9. The van der Waals surface area contributed by atoms with E-state index in [9.17, 15) is 13.2 Å². The average molecular weight is 232 g/mol. The molecule has 0 fully saturated rings. The largest absolute Gasteiger partial charge is 0.416 e. The maximum Gasteiger partial charge on any atom is 0.416 e. The summed E-state index contributed by atoms with van der Waals surface area (Å²) in [7, 11) is 0.878. The molecule has 1 amide bonds. The molecular weight excluding hydrogens is 224 g/mol. The number of amides is 1. The zero-order chi connectivity index (χ0) is 11.2. The van der Waals surface area contributed by atoms with E-state index in [2.05, 4.69) is 18.5 Å². The molecule has 75 valence electrons. The van der Waals surface area contributed by atoms with Crippen molar-refractivity contribution >= 4 is 31.9 Å². The van der Waals surface area contributed by atoms with E-state index < -0.39 is 14.7 Å². The third kappa shape index (κ3) is 6.50. The number of hydrogen-bond donors (Lipinski definition) is 1. The van der Waals surface area contributed by atoms with E-state index in [-0.39, 0.29) is 0 Å². The first-order chi connectivity index (χ1) is 6.39. The first-order valence-electron chi connectivity index (χ1n) is 3.44. The van der Waals surface area contributed by atoms with Crippen LogP contribution >= 0.6 is 10.7 Å². The Bertz CT molecular complexity index is 374. The fourth-order valence-corrected chi connectivity index (χ4v) is 1.14. The second-order valence-corrected chi connectivity index (χ2v) is 4.62. The van der Waals surface area contributed by atoms with Gasteiger partial charge in [0.05, 0.1) is 0 Å². The van der Waals surface area contributed by atoms with E-state index in [1.807, 2.05) is 0 Å². The molecule has 0 aromatic rings. The van der Waals surface area contributed by atoms with Crippen molar-refractivity contribution in [1.82, 2.24) is 5.32 Å². The van der Waals surface area contributed by atoms with Crippen molar-refractivity contribution in [3.63, 3.8) is 0 Å². The number of carbonyl (C=O) groups excluding carboxylic acids is 1. The van der Waals surface area contributed by atoms with Gasteiger partial charge in [-0.15, -0.1) is 0 Å². The lowest BCUT2D eigenvalue weighted by molar-refractivity contribution is 0.261. The third-order valence-corrected chi connectivity index (χ3v) is 1.80. The van der Waals surface area contributed by atoms with Crippen LogP contribution in [0.15, 0.2) is 37.1 Å². The molecule has 1 radical (unpaired) electrons. The van der Waals surface area contributed by atoms with Crippen molar-refractivity contribution in [2.75, 3.05) is 0 Å². The fraction of sp³-hybridized carbons (Fsp3) is 0. The molecule has 4 nitrogen and oxygen atoms in total. The minimum absolute atomic E-state index is 0.335. The molecule has 0 rings (SSSR count). The number of rotatable bonds is 5. The van der Waals surface area contributed by atoms with Gasteiger partial charge in [0.1, 0.15) is 0 Å². The Kier molecular flexibility index (Phi) is 5.26. The van der Waals surface area contributed by atoms with E-state index in [0.29, 0.717) is 12.3 Å². The van der Waals surface area contributed by atoms with E-state index in [1.54, 1.807) is 0 Å². The summed E-state index contributed by atoms with van der Waals surface area (Å²) >= 11 is 0. The van der Waals surface area contributed by atoms with Crippen LogP contribution in [0, 0.1) is 0 Å². The van der Waals surface area contributed by atoms with Crippen molar-refractivity contribution in [3.8, 4) is 0 Å². The average Bonchev–Trinajstić information content (AvgIpc) is 2.00. The second-order valence-electron chi connectivity index (χ2n) is 2.14. The third-order valence-electron chi connectivity index (χ3n) is 1.03. The van der Waals surface area contributed by atoms with E-state index >= 15 is 0 Å². The number of hydrogen-bond acceptors (Lipinski definition) is 3. The van der Waals surface area contributed by atoms with Gasteiger partial charge >= 0.3 is 6.56 Å². The van der Waals surface area contributed by atoms with Crippen LogP contribution in [0.2, 0.25) is 0 Å². The van der Waals surface area contributed by atoms with Crippen LogP contribution in [0.25, 0.3) is 0 Å². The second kappa shape index (κ2) is 5.67. The maximum atomic E-state index is 10.9. The van der Waals surface area contributed by atoms with Crippen LogP contribution in [0.4, 0.5) is 4.79 Å². The number of carbonyl (C=O) groups is 1. The molecule has 0 heterocycles. The predicted octanol–water partition coefficient (Wildman–Crippen LogP) is 1.14. The Balaban J connectivity index is 4.39. The van der Waals surface area contributed by atoms with Crippen molar-refractivity contribution in [3.05, 3.63) is 37.1 Å². The summed E-state index contributed by atoms with van der Waals surface area (Å²) in [5, 5.41) is 2.24. The van der Waals surface area contributed by atoms with Gasteiger partial charge in [-0.3, -0.25) is 4.79 Å².